The second kappa shape index (κ2) is 6.16. The van der Waals surface area contributed by atoms with Crippen molar-refractivity contribution in [2.75, 3.05) is 13.7 Å². The van der Waals surface area contributed by atoms with Crippen LogP contribution < -0.4 is 20.7 Å². The highest BCUT2D eigenvalue weighted by Gasteiger charge is 2.23. The van der Waals surface area contributed by atoms with Crippen molar-refractivity contribution in [3.05, 3.63) is 59.2 Å². The van der Waals surface area contributed by atoms with E-state index in [1.165, 1.54) is 5.56 Å². The summed E-state index contributed by atoms with van der Waals surface area (Å²) in [5.41, 5.74) is 6.20. The van der Waals surface area contributed by atoms with Crippen LogP contribution in [0.1, 0.15) is 29.2 Å². The van der Waals surface area contributed by atoms with E-state index < -0.39 is 0 Å². The van der Waals surface area contributed by atoms with Crippen LogP contribution >= 0.6 is 0 Å². The average Bonchev–Trinajstić information content (AvgIpc) is 2.56. The molecule has 1 aliphatic heterocycles. The van der Waals surface area contributed by atoms with Crippen molar-refractivity contribution in [3.8, 4) is 11.5 Å². The third kappa shape index (κ3) is 2.60. The zero-order valence-corrected chi connectivity index (χ0v) is 12.1. The minimum absolute atomic E-state index is 0.158. The van der Waals surface area contributed by atoms with Gasteiger partial charge in [0.1, 0.15) is 11.5 Å². The van der Waals surface area contributed by atoms with Gasteiger partial charge in [-0.2, -0.15) is 0 Å². The number of hydrogen-bond donors (Lipinski definition) is 2. The number of rotatable bonds is 4. The predicted octanol–water partition coefficient (Wildman–Crippen LogP) is 2.57. The maximum atomic E-state index is 5.90. The molecular formula is C17H20N2O2. The zero-order valence-electron chi connectivity index (χ0n) is 12.1. The van der Waals surface area contributed by atoms with Crippen molar-refractivity contribution in [1.29, 1.82) is 0 Å². The van der Waals surface area contributed by atoms with Crippen LogP contribution in [0.4, 0.5) is 0 Å². The van der Waals surface area contributed by atoms with E-state index in [9.17, 15) is 0 Å². The summed E-state index contributed by atoms with van der Waals surface area (Å²) >= 11 is 0. The highest BCUT2D eigenvalue weighted by Crippen LogP contribution is 2.37. The summed E-state index contributed by atoms with van der Waals surface area (Å²) in [6.07, 6.45) is 2.11. The minimum Gasteiger partial charge on any atom is -0.496 e. The molecular weight excluding hydrogens is 264 g/mol. The summed E-state index contributed by atoms with van der Waals surface area (Å²) in [4.78, 5) is 0. The summed E-state index contributed by atoms with van der Waals surface area (Å²) in [6.45, 7) is 0.757. The molecule has 1 atom stereocenters. The number of hydrazine groups is 1. The molecule has 3 N–H and O–H groups in total. The standard InChI is InChI=1S/C17H20N2O2/c1-20-15-10-3-2-8-13(15)16(19-18)14-9-4-6-12-7-5-11-21-17(12)14/h2-4,6,8-10,16,19H,5,7,11,18H2,1H3. The molecule has 0 bridgehead atoms. The van der Waals surface area contributed by atoms with E-state index in [0.29, 0.717) is 0 Å². The maximum Gasteiger partial charge on any atom is 0.127 e. The molecule has 1 heterocycles. The normalized spacial score (nSPS) is 15.0. The highest BCUT2D eigenvalue weighted by molar-refractivity contribution is 5.50. The van der Waals surface area contributed by atoms with Gasteiger partial charge in [0.15, 0.2) is 0 Å². The van der Waals surface area contributed by atoms with Crippen molar-refractivity contribution >= 4 is 0 Å². The number of fused-ring (bicyclic) bond motifs is 1. The van der Waals surface area contributed by atoms with Crippen LogP contribution in [0.25, 0.3) is 0 Å². The number of methoxy groups -OCH3 is 1. The third-order valence-electron chi connectivity index (χ3n) is 3.89. The van der Waals surface area contributed by atoms with Crippen LogP contribution in [0.15, 0.2) is 42.5 Å². The molecule has 0 saturated heterocycles. The van der Waals surface area contributed by atoms with Crippen LogP contribution in [0.5, 0.6) is 11.5 Å². The van der Waals surface area contributed by atoms with Gasteiger partial charge in [0.25, 0.3) is 0 Å². The summed E-state index contributed by atoms with van der Waals surface area (Å²) in [5, 5.41) is 0. The molecule has 1 aliphatic rings. The molecule has 0 amide bonds. The van der Waals surface area contributed by atoms with E-state index in [4.69, 9.17) is 15.3 Å². The van der Waals surface area contributed by atoms with Gasteiger partial charge in [0.2, 0.25) is 0 Å². The van der Waals surface area contributed by atoms with Gasteiger partial charge in [-0.05, 0) is 24.5 Å². The number of hydrogen-bond acceptors (Lipinski definition) is 4. The molecule has 0 aromatic heterocycles. The van der Waals surface area contributed by atoms with Crippen molar-refractivity contribution in [2.24, 2.45) is 5.84 Å². The van der Waals surface area contributed by atoms with Crippen molar-refractivity contribution < 1.29 is 9.47 Å². The first kappa shape index (κ1) is 13.9. The number of benzene rings is 2. The molecule has 4 heteroatoms. The second-order valence-electron chi connectivity index (χ2n) is 5.13. The van der Waals surface area contributed by atoms with Gasteiger partial charge in [0, 0.05) is 11.1 Å². The van der Waals surface area contributed by atoms with Gasteiger partial charge in [-0.15, -0.1) is 0 Å². The monoisotopic (exact) mass is 284 g/mol. The SMILES string of the molecule is COc1ccccc1C(NN)c1cccc2c1OCCC2. The molecule has 3 rings (SSSR count). The van der Waals surface area contributed by atoms with Crippen molar-refractivity contribution in [2.45, 2.75) is 18.9 Å². The quantitative estimate of drug-likeness (QED) is 0.669. The molecule has 2 aromatic rings. The molecule has 21 heavy (non-hydrogen) atoms. The fraction of sp³-hybridized carbons (Fsp3) is 0.294. The summed E-state index contributed by atoms with van der Waals surface area (Å²) in [5.74, 6) is 7.60. The van der Waals surface area contributed by atoms with Gasteiger partial charge >= 0.3 is 0 Å². The van der Waals surface area contributed by atoms with Gasteiger partial charge in [-0.25, -0.2) is 5.43 Å². The fourth-order valence-electron chi connectivity index (χ4n) is 2.89. The molecule has 0 aliphatic carbocycles. The molecule has 110 valence electrons. The lowest BCUT2D eigenvalue weighted by Crippen LogP contribution is -2.30. The molecule has 0 spiro atoms. The van der Waals surface area contributed by atoms with Gasteiger partial charge in [0.05, 0.1) is 19.8 Å². The Kier molecular flexibility index (Phi) is 4.08. The Labute approximate surface area is 124 Å². The van der Waals surface area contributed by atoms with E-state index in [-0.39, 0.29) is 6.04 Å². The lowest BCUT2D eigenvalue weighted by molar-refractivity contribution is 0.283. The molecule has 0 saturated carbocycles. The second-order valence-corrected chi connectivity index (χ2v) is 5.13. The zero-order chi connectivity index (χ0) is 14.7. The molecule has 2 aromatic carbocycles. The average molecular weight is 284 g/mol. The lowest BCUT2D eigenvalue weighted by Gasteiger charge is -2.26. The molecule has 0 radical (unpaired) electrons. The summed E-state index contributed by atoms with van der Waals surface area (Å²) in [6, 6.07) is 14.0. The first-order valence-corrected chi connectivity index (χ1v) is 7.18. The summed E-state index contributed by atoms with van der Waals surface area (Å²) in [7, 11) is 1.67. The van der Waals surface area contributed by atoms with Crippen LogP contribution in [-0.4, -0.2) is 13.7 Å². The Morgan fingerprint density at radius 3 is 2.76 bits per heavy atom. The van der Waals surface area contributed by atoms with E-state index in [0.717, 1.165) is 42.1 Å². The number of para-hydroxylation sites is 2. The van der Waals surface area contributed by atoms with E-state index in [2.05, 4.69) is 23.6 Å². The first-order chi connectivity index (χ1) is 10.3. The van der Waals surface area contributed by atoms with Gasteiger partial charge in [-0.3, -0.25) is 5.84 Å². The fourth-order valence-corrected chi connectivity index (χ4v) is 2.89. The highest BCUT2D eigenvalue weighted by atomic mass is 16.5. The largest absolute Gasteiger partial charge is 0.496 e. The number of nitrogens with one attached hydrogen (secondary N) is 1. The minimum atomic E-state index is -0.158. The Balaban J connectivity index is 2.08. The molecule has 1 unspecified atom stereocenters. The number of aryl methyl sites for hydroxylation is 1. The first-order valence-electron chi connectivity index (χ1n) is 7.18. The lowest BCUT2D eigenvalue weighted by atomic mass is 9.93. The Morgan fingerprint density at radius 2 is 1.95 bits per heavy atom. The topological polar surface area (TPSA) is 56.5 Å². The number of nitrogens with two attached hydrogens (primary N) is 1. The van der Waals surface area contributed by atoms with Crippen molar-refractivity contribution in [3.63, 3.8) is 0 Å². The summed E-state index contributed by atoms with van der Waals surface area (Å²) < 4.78 is 11.4. The number of ether oxygens (including phenoxy) is 2. The van der Waals surface area contributed by atoms with Crippen LogP contribution in [0, 0.1) is 0 Å². The van der Waals surface area contributed by atoms with E-state index in [1.807, 2.05) is 24.3 Å². The van der Waals surface area contributed by atoms with Crippen molar-refractivity contribution in [1.82, 2.24) is 5.43 Å². The van der Waals surface area contributed by atoms with Gasteiger partial charge < -0.3 is 9.47 Å². The van der Waals surface area contributed by atoms with E-state index in [1.54, 1.807) is 7.11 Å². The Bertz CT molecular complexity index is 628. The van der Waals surface area contributed by atoms with Crippen LogP contribution in [0.3, 0.4) is 0 Å². The molecule has 4 nitrogen and oxygen atoms in total. The Morgan fingerprint density at radius 1 is 1.14 bits per heavy atom. The third-order valence-corrected chi connectivity index (χ3v) is 3.89. The Hall–Kier alpha value is -2.04. The predicted molar refractivity (Wildman–Crippen MR) is 82.4 cm³/mol. The van der Waals surface area contributed by atoms with Crippen LogP contribution in [-0.2, 0) is 6.42 Å². The smallest absolute Gasteiger partial charge is 0.127 e. The van der Waals surface area contributed by atoms with Crippen LogP contribution in [0.2, 0.25) is 0 Å². The maximum absolute atomic E-state index is 5.90. The van der Waals surface area contributed by atoms with E-state index >= 15 is 0 Å². The molecule has 0 fully saturated rings. The van der Waals surface area contributed by atoms with Gasteiger partial charge in [-0.1, -0.05) is 36.4 Å².